The second-order valence-corrected chi connectivity index (χ2v) is 9.48. The minimum absolute atomic E-state index is 0.0218. The molecule has 0 radical (unpaired) electrons. The molecule has 0 spiro atoms. The summed E-state index contributed by atoms with van der Waals surface area (Å²) < 4.78 is 18.1. The molecule has 0 bridgehead atoms. The van der Waals surface area contributed by atoms with Crippen LogP contribution in [0.15, 0.2) is 86.9 Å². The average Bonchev–Trinajstić information content (AvgIpc) is 3.08. The van der Waals surface area contributed by atoms with Crippen LogP contribution < -0.4 is 20.8 Å². The van der Waals surface area contributed by atoms with Crippen LogP contribution in [-0.2, 0) is 11.3 Å². The lowest BCUT2D eigenvalue weighted by molar-refractivity contribution is -0.120. The van der Waals surface area contributed by atoms with Gasteiger partial charge in [0.25, 0.3) is 6.47 Å². The highest BCUT2D eigenvalue weighted by atomic mass is 35.5. The van der Waals surface area contributed by atoms with Gasteiger partial charge in [-0.15, -0.1) is 12.8 Å². The van der Waals surface area contributed by atoms with Gasteiger partial charge in [0, 0.05) is 24.4 Å². The summed E-state index contributed by atoms with van der Waals surface area (Å²) in [6.07, 6.45) is 20.7. The molecule has 0 aliphatic heterocycles. The molecule has 3 N–H and O–H groups in total. The molecule has 7 nitrogen and oxygen atoms in total. The van der Waals surface area contributed by atoms with Crippen molar-refractivity contribution in [2.75, 3.05) is 19.8 Å². The Kier molecular flexibility index (Phi) is 32.8. The Morgan fingerprint density at radius 3 is 2.24 bits per heavy atom. The fourth-order valence-electron chi connectivity index (χ4n) is 3.40. The van der Waals surface area contributed by atoms with Gasteiger partial charge in [-0.1, -0.05) is 96.0 Å². The van der Waals surface area contributed by atoms with Gasteiger partial charge >= 0.3 is 0 Å². The van der Waals surface area contributed by atoms with Crippen LogP contribution in [0.2, 0.25) is 0 Å². The monoisotopic (exact) mass is 657 g/mol. The lowest BCUT2D eigenvalue weighted by Gasteiger charge is -2.17. The summed E-state index contributed by atoms with van der Waals surface area (Å²) >= 11 is 5.85. The summed E-state index contributed by atoms with van der Waals surface area (Å²) in [4.78, 5) is 15.1. The van der Waals surface area contributed by atoms with Gasteiger partial charge in [0.15, 0.2) is 0 Å². The van der Waals surface area contributed by atoms with Gasteiger partial charge in [0.05, 0.1) is 24.0 Å². The number of aryl methyl sites for hydroxylation is 1. The van der Waals surface area contributed by atoms with Crippen LogP contribution in [0.25, 0.3) is 0 Å². The number of hydrogen-bond donors (Lipinski definition) is 3. The number of hydrogen-bond acceptors (Lipinski definition) is 7. The number of ether oxygens (including phenoxy) is 1. The average molecular weight is 658 g/mol. The van der Waals surface area contributed by atoms with E-state index in [9.17, 15) is 9.18 Å². The number of rotatable bonds is 18. The highest BCUT2D eigenvalue weighted by molar-refractivity contribution is 6.31. The van der Waals surface area contributed by atoms with Gasteiger partial charge in [-0.2, -0.15) is 5.10 Å². The molecule has 1 aromatic carbocycles. The topological polar surface area (TPSA) is 87.1 Å². The molecule has 0 atom stereocenters. The maximum Gasteiger partial charge on any atom is 0.298 e. The fourth-order valence-corrected chi connectivity index (χ4v) is 3.54. The molecule has 0 aliphatic rings. The van der Waals surface area contributed by atoms with Crippen molar-refractivity contribution in [1.29, 1.82) is 0 Å². The zero-order valence-electron chi connectivity index (χ0n) is 29.5. The Labute approximate surface area is 283 Å². The van der Waals surface area contributed by atoms with Crippen molar-refractivity contribution in [3.8, 4) is 18.6 Å². The molecule has 0 amide bonds. The third-order valence-corrected chi connectivity index (χ3v) is 6.12. The van der Waals surface area contributed by atoms with Gasteiger partial charge in [-0.3, -0.25) is 20.5 Å². The van der Waals surface area contributed by atoms with Crippen molar-refractivity contribution in [2.45, 2.75) is 88.1 Å². The molecule has 0 aliphatic carbocycles. The molecule has 46 heavy (non-hydrogen) atoms. The third-order valence-electron chi connectivity index (χ3n) is 5.81. The van der Waals surface area contributed by atoms with Gasteiger partial charge in [0.2, 0.25) is 0 Å². The number of carbonyl (C=O) groups is 1. The molecule has 0 saturated carbocycles. The van der Waals surface area contributed by atoms with Crippen molar-refractivity contribution < 1.29 is 13.9 Å². The Balaban J connectivity index is -0.00000209. The normalized spacial score (nSPS) is 12.1. The van der Waals surface area contributed by atoms with E-state index in [0.717, 1.165) is 40.1 Å². The smallest absolute Gasteiger partial charge is 0.298 e. The second kappa shape index (κ2) is 32.5. The van der Waals surface area contributed by atoms with Crippen molar-refractivity contribution in [3.05, 3.63) is 87.9 Å². The largest absolute Gasteiger partial charge is 0.428 e. The molecule has 0 saturated heterocycles. The van der Waals surface area contributed by atoms with Gasteiger partial charge in [-0.05, 0) is 69.2 Å². The van der Waals surface area contributed by atoms with Gasteiger partial charge in [0.1, 0.15) is 11.6 Å². The van der Waals surface area contributed by atoms with Crippen LogP contribution in [0.3, 0.4) is 0 Å². The number of benzene rings is 1. The summed E-state index contributed by atoms with van der Waals surface area (Å²) in [6.45, 7) is 23.5. The van der Waals surface area contributed by atoms with E-state index in [4.69, 9.17) is 16.3 Å². The van der Waals surface area contributed by atoms with E-state index >= 15 is 0 Å². The van der Waals surface area contributed by atoms with Crippen LogP contribution in [0.5, 0.6) is 5.75 Å². The predicted octanol–water partition coefficient (Wildman–Crippen LogP) is 9.08. The van der Waals surface area contributed by atoms with E-state index < -0.39 is 5.83 Å². The quantitative estimate of drug-likeness (QED) is 0.0279. The first-order valence-electron chi connectivity index (χ1n) is 15.7. The number of unbranched alkanes of at least 4 members (excludes halogenated alkanes) is 1. The number of nitrogens with one attached hydrogen (secondary N) is 3. The van der Waals surface area contributed by atoms with E-state index in [-0.39, 0.29) is 5.03 Å². The molecule has 9 heteroatoms. The standard InChI is InChI=1S/C29H39ClFN5O2.C4H10.C2H6.C2H2/c1-7-11-27(34-17-24-12-13-29(38-20-37)21(5)14-24)25(9-3)28(18-32-10-4)36-35-19-33-16-23(8-2)15-26(30)22(6)31;1-3-4-2;2*1-2/h8-15,20,33-35H,6-7,16-19H2,1-5H3;3-4H2,1-2H3;1-2H3;1-2H/b23-8+,25-9+,26-15+,27-11-,32-10?,36-28+;;;. The zero-order valence-corrected chi connectivity index (χ0v) is 30.2. The molecule has 1 aromatic rings. The lowest BCUT2D eigenvalue weighted by Crippen LogP contribution is -2.29. The molecular formula is C37H57ClFN5O2. The van der Waals surface area contributed by atoms with Crippen LogP contribution in [-0.4, -0.2) is 38.2 Å². The molecule has 0 heterocycles. The number of halogens is 2. The Hall–Kier alpha value is -3.93. The second-order valence-electron chi connectivity index (χ2n) is 9.08. The Morgan fingerprint density at radius 1 is 1.11 bits per heavy atom. The van der Waals surface area contributed by atoms with Crippen molar-refractivity contribution in [1.82, 2.24) is 16.1 Å². The lowest BCUT2D eigenvalue weighted by atomic mass is 10.0. The SMILES string of the molecule is C#C.C=C(F)/C(Cl)=C\C(=C/C)CNCN/N=C(CN=CC)/C(=C/C)C(=C/CC)/NCc1ccc(OC=O)c(C)c1.CC.CCCC. The maximum atomic E-state index is 13.2. The summed E-state index contributed by atoms with van der Waals surface area (Å²) in [7, 11) is 0. The molecule has 0 aromatic heterocycles. The van der Waals surface area contributed by atoms with E-state index in [2.05, 4.69) is 72.4 Å². The third kappa shape index (κ3) is 21.7. The summed E-state index contributed by atoms with van der Waals surface area (Å²) in [5, 5.41) is 11.3. The van der Waals surface area contributed by atoms with E-state index in [0.29, 0.717) is 38.5 Å². The van der Waals surface area contributed by atoms with Crippen LogP contribution in [0.1, 0.15) is 85.8 Å². The van der Waals surface area contributed by atoms with Crippen molar-refractivity contribution in [3.63, 3.8) is 0 Å². The first-order valence-corrected chi connectivity index (χ1v) is 16.1. The number of allylic oxidation sites excluding steroid dienone is 6. The minimum atomic E-state index is -0.669. The zero-order chi connectivity index (χ0) is 35.8. The van der Waals surface area contributed by atoms with Crippen molar-refractivity contribution in [2.24, 2.45) is 10.1 Å². The molecule has 1 rings (SSSR count). The van der Waals surface area contributed by atoms with E-state index in [1.54, 1.807) is 12.3 Å². The number of hydrazone groups is 1. The fraction of sp³-hybridized carbons (Fsp3) is 0.432. The summed E-state index contributed by atoms with van der Waals surface area (Å²) in [6, 6.07) is 5.70. The van der Waals surface area contributed by atoms with E-state index in [1.165, 1.54) is 18.9 Å². The number of terminal acetylenes is 1. The molecule has 256 valence electrons. The van der Waals surface area contributed by atoms with E-state index in [1.807, 2.05) is 65.8 Å². The highest BCUT2D eigenvalue weighted by Gasteiger charge is 2.12. The number of nitrogens with zero attached hydrogens (tertiary/aromatic N) is 2. The van der Waals surface area contributed by atoms with Crippen LogP contribution in [0.4, 0.5) is 4.39 Å². The molecule has 0 unspecified atom stereocenters. The first kappa shape index (κ1) is 46.5. The minimum Gasteiger partial charge on any atom is -0.428 e. The molecular weight excluding hydrogens is 601 g/mol. The molecule has 0 fully saturated rings. The maximum absolute atomic E-state index is 13.2. The summed E-state index contributed by atoms with van der Waals surface area (Å²) in [5.41, 5.74) is 8.47. The number of aliphatic imine (C=N–C) groups is 1. The Bertz CT molecular complexity index is 1200. The van der Waals surface area contributed by atoms with Crippen LogP contribution in [0, 0.1) is 19.8 Å². The van der Waals surface area contributed by atoms with Gasteiger partial charge < -0.3 is 10.1 Å². The highest BCUT2D eigenvalue weighted by Crippen LogP contribution is 2.20. The van der Waals surface area contributed by atoms with Crippen LogP contribution >= 0.6 is 11.6 Å². The van der Waals surface area contributed by atoms with Crippen molar-refractivity contribution >= 4 is 30.0 Å². The Morgan fingerprint density at radius 2 is 1.76 bits per heavy atom. The summed E-state index contributed by atoms with van der Waals surface area (Å²) in [5.74, 6) is -0.125. The first-order chi connectivity index (χ1) is 22.2. The van der Waals surface area contributed by atoms with Gasteiger partial charge in [-0.25, -0.2) is 4.39 Å². The predicted molar refractivity (Wildman–Crippen MR) is 199 cm³/mol. The number of carbonyl (C=O) groups excluding carboxylic acids is 1.